The highest BCUT2D eigenvalue weighted by Crippen LogP contribution is 2.37. The molecule has 5 nitrogen and oxygen atoms in total. The van der Waals surface area contributed by atoms with Gasteiger partial charge in [0.05, 0.1) is 11.3 Å². The maximum Gasteiger partial charge on any atom is 0.293 e. The molecule has 0 radical (unpaired) electrons. The van der Waals surface area contributed by atoms with E-state index in [0.29, 0.717) is 24.2 Å². The summed E-state index contributed by atoms with van der Waals surface area (Å²) in [5, 5.41) is 11.2. The van der Waals surface area contributed by atoms with Crippen molar-refractivity contribution in [2.75, 3.05) is 11.4 Å². The number of para-hydroxylation sites is 1. The van der Waals surface area contributed by atoms with Crippen LogP contribution in [0.4, 0.5) is 15.8 Å². The van der Waals surface area contributed by atoms with Crippen molar-refractivity contribution >= 4 is 17.3 Å². The van der Waals surface area contributed by atoms with Crippen LogP contribution in [0.1, 0.15) is 11.1 Å². The molecule has 0 N–H and O–H groups in total. The first-order valence-electron chi connectivity index (χ1n) is 6.87. The zero-order chi connectivity index (χ0) is 15.7. The number of carbonyl (C=O) groups excluding carboxylic acids is 1. The van der Waals surface area contributed by atoms with Crippen LogP contribution in [0.15, 0.2) is 42.5 Å². The van der Waals surface area contributed by atoms with Gasteiger partial charge in [0.15, 0.2) is 0 Å². The molecule has 1 amide bonds. The van der Waals surface area contributed by atoms with Crippen LogP contribution >= 0.6 is 0 Å². The summed E-state index contributed by atoms with van der Waals surface area (Å²) in [6, 6.07) is 10.5. The molecular formula is C16H13FN2O3. The summed E-state index contributed by atoms with van der Waals surface area (Å²) in [6.45, 7) is 0.431. The number of anilines is 1. The summed E-state index contributed by atoms with van der Waals surface area (Å²) in [6.07, 6.45) is 0.692. The van der Waals surface area contributed by atoms with Crippen molar-refractivity contribution < 1.29 is 14.1 Å². The number of hydrogen-bond donors (Lipinski definition) is 0. The van der Waals surface area contributed by atoms with Crippen LogP contribution in [0.3, 0.4) is 0 Å². The summed E-state index contributed by atoms with van der Waals surface area (Å²) in [7, 11) is 0. The molecule has 0 bridgehead atoms. The first-order valence-corrected chi connectivity index (χ1v) is 6.87. The summed E-state index contributed by atoms with van der Waals surface area (Å²) < 4.78 is 12.9. The van der Waals surface area contributed by atoms with Gasteiger partial charge in [0.2, 0.25) is 5.91 Å². The van der Waals surface area contributed by atoms with E-state index in [9.17, 15) is 19.3 Å². The number of nitro benzene ring substituents is 1. The van der Waals surface area contributed by atoms with Gasteiger partial charge in [-0.25, -0.2) is 4.39 Å². The van der Waals surface area contributed by atoms with E-state index in [1.54, 1.807) is 24.3 Å². The van der Waals surface area contributed by atoms with Crippen LogP contribution in [0.5, 0.6) is 0 Å². The number of fused-ring (bicyclic) bond motifs is 1. The van der Waals surface area contributed by atoms with E-state index < -0.39 is 4.92 Å². The molecule has 22 heavy (non-hydrogen) atoms. The molecule has 1 aliphatic heterocycles. The minimum atomic E-state index is -0.470. The molecule has 0 aliphatic carbocycles. The number of nitro groups is 1. The molecule has 0 atom stereocenters. The number of halogens is 1. The molecule has 0 fully saturated rings. The molecule has 0 unspecified atom stereocenters. The molecule has 6 heteroatoms. The largest absolute Gasteiger partial charge is 0.306 e. The highest BCUT2D eigenvalue weighted by Gasteiger charge is 2.31. The first-order chi connectivity index (χ1) is 10.6. The van der Waals surface area contributed by atoms with Gasteiger partial charge >= 0.3 is 0 Å². The minimum Gasteiger partial charge on any atom is -0.306 e. The van der Waals surface area contributed by atoms with Gasteiger partial charge in [-0.1, -0.05) is 24.3 Å². The maximum atomic E-state index is 12.9. The van der Waals surface area contributed by atoms with Gasteiger partial charge in [0, 0.05) is 12.6 Å². The van der Waals surface area contributed by atoms with Crippen LogP contribution < -0.4 is 4.90 Å². The van der Waals surface area contributed by atoms with Crippen LogP contribution in [0, 0.1) is 15.9 Å². The fourth-order valence-corrected chi connectivity index (χ4v) is 2.70. The second kappa shape index (κ2) is 5.55. The summed E-state index contributed by atoms with van der Waals surface area (Å²) in [5.74, 6) is -0.585. The third-order valence-corrected chi connectivity index (χ3v) is 3.74. The quantitative estimate of drug-likeness (QED) is 0.646. The van der Waals surface area contributed by atoms with Crippen molar-refractivity contribution in [2.45, 2.75) is 12.8 Å². The number of benzene rings is 2. The standard InChI is InChI=1S/C16H13FN2O3/c17-13-6-4-11(5-7-13)10-15(20)18-9-8-12-2-1-3-14(16(12)18)19(21)22/h1-7H,8-10H2. The molecule has 2 aromatic rings. The second-order valence-electron chi connectivity index (χ2n) is 5.14. The Kier molecular flexibility index (Phi) is 3.58. The van der Waals surface area contributed by atoms with Gasteiger partial charge in [0.25, 0.3) is 5.69 Å². The van der Waals surface area contributed by atoms with Gasteiger partial charge in [-0.3, -0.25) is 14.9 Å². The Labute approximate surface area is 126 Å². The zero-order valence-electron chi connectivity index (χ0n) is 11.7. The summed E-state index contributed by atoms with van der Waals surface area (Å²) in [4.78, 5) is 24.6. The monoisotopic (exact) mass is 300 g/mol. The number of carbonyl (C=O) groups is 1. The predicted molar refractivity (Wildman–Crippen MR) is 79.3 cm³/mol. The van der Waals surface area contributed by atoms with E-state index in [0.717, 1.165) is 5.56 Å². The van der Waals surface area contributed by atoms with Crippen molar-refractivity contribution in [1.29, 1.82) is 0 Å². The van der Waals surface area contributed by atoms with E-state index in [1.165, 1.54) is 23.1 Å². The predicted octanol–water partition coefficient (Wildman–Crippen LogP) is 2.87. The number of hydrogen-bond acceptors (Lipinski definition) is 3. The normalized spacial score (nSPS) is 13.0. The minimum absolute atomic E-state index is 0.0533. The van der Waals surface area contributed by atoms with Gasteiger partial charge < -0.3 is 4.90 Å². The number of amides is 1. The Hall–Kier alpha value is -2.76. The Bertz CT molecular complexity index is 744. The number of rotatable bonds is 3. The summed E-state index contributed by atoms with van der Waals surface area (Å²) in [5.41, 5.74) is 1.82. The average Bonchev–Trinajstić information content (AvgIpc) is 2.93. The highest BCUT2D eigenvalue weighted by atomic mass is 19.1. The molecule has 2 aromatic carbocycles. The van der Waals surface area contributed by atoms with Crippen molar-refractivity contribution in [3.05, 3.63) is 69.5 Å². The lowest BCUT2D eigenvalue weighted by Crippen LogP contribution is -2.30. The SMILES string of the molecule is O=C(Cc1ccc(F)cc1)N1CCc2cccc([N+](=O)[O-])c21. The molecule has 0 aromatic heterocycles. The van der Waals surface area contributed by atoms with Crippen LogP contribution in [-0.4, -0.2) is 17.4 Å². The van der Waals surface area contributed by atoms with Crippen LogP contribution in [0.2, 0.25) is 0 Å². The fraction of sp³-hybridized carbons (Fsp3) is 0.188. The Balaban J connectivity index is 1.88. The van der Waals surface area contributed by atoms with Crippen LogP contribution in [-0.2, 0) is 17.6 Å². The highest BCUT2D eigenvalue weighted by molar-refractivity contribution is 5.99. The molecule has 112 valence electrons. The zero-order valence-corrected chi connectivity index (χ0v) is 11.7. The average molecular weight is 300 g/mol. The van der Waals surface area contributed by atoms with E-state index in [-0.39, 0.29) is 23.8 Å². The second-order valence-corrected chi connectivity index (χ2v) is 5.14. The van der Waals surface area contributed by atoms with E-state index >= 15 is 0 Å². The van der Waals surface area contributed by atoms with Crippen LogP contribution in [0.25, 0.3) is 0 Å². The lowest BCUT2D eigenvalue weighted by atomic mass is 10.1. The van der Waals surface area contributed by atoms with Gasteiger partial charge in [-0.05, 0) is 29.7 Å². The first kappa shape index (κ1) is 14.2. The topological polar surface area (TPSA) is 63.5 Å². The summed E-state index contributed by atoms with van der Waals surface area (Å²) >= 11 is 0. The molecule has 3 rings (SSSR count). The van der Waals surface area contributed by atoms with Crippen molar-refractivity contribution in [2.24, 2.45) is 0 Å². The molecular weight excluding hydrogens is 287 g/mol. The van der Waals surface area contributed by atoms with E-state index in [1.807, 2.05) is 0 Å². The van der Waals surface area contributed by atoms with Gasteiger partial charge in [0.1, 0.15) is 11.5 Å². The van der Waals surface area contributed by atoms with Crippen molar-refractivity contribution in [1.82, 2.24) is 0 Å². The van der Waals surface area contributed by atoms with Gasteiger partial charge in [-0.2, -0.15) is 0 Å². The fourth-order valence-electron chi connectivity index (χ4n) is 2.70. The van der Waals surface area contributed by atoms with Crippen molar-refractivity contribution in [3.8, 4) is 0 Å². The molecule has 0 saturated heterocycles. The smallest absolute Gasteiger partial charge is 0.293 e. The Morgan fingerprint density at radius 3 is 2.64 bits per heavy atom. The van der Waals surface area contributed by atoms with E-state index in [2.05, 4.69) is 0 Å². The molecule has 0 saturated carbocycles. The maximum absolute atomic E-state index is 12.9. The lowest BCUT2D eigenvalue weighted by molar-refractivity contribution is -0.384. The number of nitrogens with zero attached hydrogens (tertiary/aromatic N) is 2. The lowest BCUT2D eigenvalue weighted by Gasteiger charge is -2.17. The molecule has 1 heterocycles. The molecule has 0 spiro atoms. The van der Waals surface area contributed by atoms with E-state index in [4.69, 9.17) is 0 Å². The molecule has 1 aliphatic rings. The third-order valence-electron chi connectivity index (χ3n) is 3.74. The Morgan fingerprint density at radius 1 is 1.23 bits per heavy atom. The third kappa shape index (κ3) is 2.55. The van der Waals surface area contributed by atoms with Gasteiger partial charge in [-0.15, -0.1) is 0 Å². The van der Waals surface area contributed by atoms with Crippen molar-refractivity contribution in [3.63, 3.8) is 0 Å². The Morgan fingerprint density at radius 2 is 1.95 bits per heavy atom.